The summed E-state index contributed by atoms with van der Waals surface area (Å²) in [4.78, 5) is 29.8. The topological polar surface area (TPSA) is 68.9 Å². The number of aryl methyl sites for hydroxylation is 1. The van der Waals surface area contributed by atoms with Crippen LogP contribution in [0.3, 0.4) is 0 Å². The summed E-state index contributed by atoms with van der Waals surface area (Å²) in [6, 6.07) is 11.9. The Labute approximate surface area is 177 Å². The molecule has 0 radical (unpaired) electrons. The number of nitrogens with zero attached hydrogens (tertiary/aromatic N) is 3. The molecule has 2 aromatic carbocycles. The van der Waals surface area contributed by atoms with Crippen molar-refractivity contribution in [2.75, 3.05) is 5.32 Å². The highest BCUT2D eigenvalue weighted by molar-refractivity contribution is 5.55. The lowest BCUT2D eigenvalue weighted by Crippen LogP contribution is -2.49. The van der Waals surface area contributed by atoms with Gasteiger partial charge in [-0.05, 0) is 51.5 Å². The molecule has 0 fully saturated rings. The number of halogens is 3. The summed E-state index contributed by atoms with van der Waals surface area (Å²) < 4.78 is 41.5. The molecular formula is C22H23F3N4O2. The molecule has 0 aliphatic heterocycles. The van der Waals surface area contributed by atoms with E-state index in [1.807, 2.05) is 31.2 Å². The number of aromatic nitrogens is 3. The van der Waals surface area contributed by atoms with Crippen LogP contribution in [0.15, 0.2) is 58.1 Å². The number of benzene rings is 2. The van der Waals surface area contributed by atoms with Gasteiger partial charge in [0.05, 0.1) is 12.1 Å². The van der Waals surface area contributed by atoms with E-state index >= 15 is 0 Å². The zero-order chi connectivity index (χ0) is 23.0. The largest absolute Gasteiger partial charge is 0.416 e. The van der Waals surface area contributed by atoms with E-state index in [2.05, 4.69) is 10.3 Å². The van der Waals surface area contributed by atoms with Crippen LogP contribution in [0.5, 0.6) is 0 Å². The predicted octanol–water partition coefficient (Wildman–Crippen LogP) is 4.28. The third kappa shape index (κ3) is 5.04. The number of nitrogens with one attached hydrogen (secondary N) is 1. The first-order valence-electron chi connectivity index (χ1n) is 9.60. The van der Waals surface area contributed by atoms with E-state index in [4.69, 9.17) is 0 Å². The van der Waals surface area contributed by atoms with Crippen molar-refractivity contribution in [1.82, 2.24) is 14.1 Å². The Morgan fingerprint density at radius 2 is 1.65 bits per heavy atom. The van der Waals surface area contributed by atoms with Crippen molar-refractivity contribution in [3.63, 3.8) is 0 Å². The number of alkyl halides is 3. The molecule has 0 saturated carbocycles. The number of hydrogen-bond acceptors (Lipinski definition) is 4. The van der Waals surface area contributed by atoms with Gasteiger partial charge in [-0.15, -0.1) is 0 Å². The van der Waals surface area contributed by atoms with Crippen molar-refractivity contribution < 1.29 is 13.2 Å². The van der Waals surface area contributed by atoms with E-state index < -0.39 is 28.7 Å². The summed E-state index contributed by atoms with van der Waals surface area (Å²) in [5.41, 5.74) is -1.20. The van der Waals surface area contributed by atoms with Gasteiger partial charge < -0.3 is 5.32 Å². The van der Waals surface area contributed by atoms with Crippen molar-refractivity contribution in [1.29, 1.82) is 0 Å². The van der Waals surface area contributed by atoms with Crippen molar-refractivity contribution in [2.24, 2.45) is 0 Å². The monoisotopic (exact) mass is 432 g/mol. The van der Waals surface area contributed by atoms with E-state index in [0.29, 0.717) is 0 Å². The molecule has 1 aromatic heterocycles. The zero-order valence-electron chi connectivity index (χ0n) is 17.6. The second kappa shape index (κ2) is 8.05. The molecular weight excluding hydrogens is 409 g/mol. The van der Waals surface area contributed by atoms with Crippen LogP contribution >= 0.6 is 0 Å². The molecule has 6 nitrogen and oxygen atoms in total. The first kappa shape index (κ1) is 22.3. The minimum atomic E-state index is -4.53. The molecule has 1 N–H and O–H groups in total. The predicted molar refractivity (Wildman–Crippen MR) is 113 cm³/mol. The van der Waals surface area contributed by atoms with Gasteiger partial charge in [0, 0.05) is 11.2 Å². The molecule has 0 amide bonds. The smallest absolute Gasteiger partial charge is 0.325 e. The van der Waals surface area contributed by atoms with Crippen LogP contribution < -0.4 is 16.7 Å². The summed E-state index contributed by atoms with van der Waals surface area (Å²) in [5.74, 6) is -0.129. The molecule has 1 heterocycles. The standard InChI is InChI=1S/C22H23F3N4O2/c1-14-8-10-15(11-9-14)13-28-18(27-19(30)29(20(28)31)21(2,3)4)26-17-7-5-6-16(12-17)22(23,24)25/h5-12H,13H2,1-4H3,(H,26,27,30). The maximum Gasteiger partial charge on any atom is 0.416 e. The van der Waals surface area contributed by atoms with E-state index in [9.17, 15) is 22.8 Å². The van der Waals surface area contributed by atoms with E-state index in [0.717, 1.165) is 27.8 Å². The van der Waals surface area contributed by atoms with Crippen LogP contribution in [-0.4, -0.2) is 14.1 Å². The van der Waals surface area contributed by atoms with E-state index in [-0.39, 0.29) is 18.2 Å². The fourth-order valence-corrected chi connectivity index (χ4v) is 3.08. The van der Waals surface area contributed by atoms with Gasteiger partial charge >= 0.3 is 17.6 Å². The lowest BCUT2D eigenvalue weighted by Gasteiger charge is -2.23. The van der Waals surface area contributed by atoms with Gasteiger partial charge in [-0.25, -0.2) is 14.2 Å². The molecule has 0 aliphatic rings. The first-order chi connectivity index (χ1) is 14.4. The van der Waals surface area contributed by atoms with Crippen LogP contribution in [0.25, 0.3) is 0 Å². The van der Waals surface area contributed by atoms with Crippen LogP contribution in [-0.2, 0) is 18.3 Å². The zero-order valence-corrected chi connectivity index (χ0v) is 17.6. The summed E-state index contributed by atoms with van der Waals surface area (Å²) in [6.45, 7) is 7.12. The molecule has 9 heteroatoms. The van der Waals surface area contributed by atoms with Crippen molar-refractivity contribution in [3.05, 3.63) is 86.2 Å². The molecule has 3 aromatic rings. The first-order valence-corrected chi connectivity index (χ1v) is 9.60. The van der Waals surface area contributed by atoms with E-state index in [1.54, 1.807) is 20.8 Å². The second-order valence-corrected chi connectivity index (χ2v) is 8.28. The normalized spacial score (nSPS) is 12.1. The van der Waals surface area contributed by atoms with Gasteiger partial charge in [0.15, 0.2) is 0 Å². The minimum absolute atomic E-state index is 0.0623. The summed E-state index contributed by atoms with van der Waals surface area (Å²) in [7, 11) is 0. The molecule has 0 bridgehead atoms. The Balaban J connectivity index is 2.14. The van der Waals surface area contributed by atoms with Crippen molar-refractivity contribution >= 4 is 11.6 Å². The molecule has 0 spiro atoms. The van der Waals surface area contributed by atoms with Crippen LogP contribution in [0.2, 0.25) is 0 Å². The van der Waals surface area contributed by atoms with Crippen LogP contribution in [0.4, 0.5) is 24.8 Å². The Kier molecular flexibility index (Phi) is 5.80. The van der Waals surface area contributed by atoms with Gasteiger partial charge in [0.1, 0.15) is 0 Å². The Bertz CT molecular complexity index is 1200. The highest BCUT2D eigenvalue weighted by Crippen LogP contribution is 2.31. The van der Waals surface area contributed by atoms with Crippen LogP contribution in [0, 0.1) is 6.92 Å². The summed E-state index contributed by atoms with van der Waals surface area (Å²) >= 11 is 0. The quantitative estimate of drug-likeness (QED) is 0.668. The molecule has 0 unspecified atom stereocenters. The molecule has 164 valence electrons. The molecule has 31 heavy (non-hydrogen) atoms. The Morgan fingerprint density at radius 3 is 2.23 bits per heavy atom. The molecule has 0 saturated heterocycles. The molecule has 0 aliphatic carbocycles. The highest BCUT2D eigenvalue weighted by atomic mass is 19.4. The molecule has 3 rings (SSSR count). The summed E-state index contributed by atoms with van der Waals surface area (Å²) in [5, 5.41) is 2.72. The second-order valence-electron chi connectivity index (χ2n) is 8.28. The average Bonchev–Trinajstić information content (AvgIpc) is 2.64. The third-order valence-corrected chi connectivity index (χ3v) is 4.65. The van der Waals surface area contributed by atoms with Gasteiger partial charge in [0.2, 0.25) is 5.95 Å². The molecule has 0 atom stereocenters. The number of hydrogen-bond donors (Lipinski definition) is 1. The lowest BCUT2D eigenvalue weighted by molar-refractivity contribution is -0.137. The van der Waals surface area contributed by atoms with Gasteiger partial charge in [-0.1, -0.05) is 35.9 Å². The van der Waals surface area contributed by atoms with Crippen molar-refractivity contribution in [3.8, 4) is 0 Å². The maximum atomic E-state index is 13.2. The van der Waals surface area contributed by atoms with Gasteiger partial charge in [-0.2, -0.15) is 18.2 Å². The number of anilines is 2. The average molecular weight is 432 g/mol. The summed E-state index contributed by atoms with van der Waals surface area (Å²) in [6.07, 6.45) is -4.53. The minimum Gasteiger partial charge on any atom is -0.325 e. The van der Waals surface area contributed by atoms with Crippen molar-refractivity contribution in [2.45, 2.75) is 46.0 Å². The Hall–Kier alpha value is -3.36. The fourth-order valence-electron chi connectivity index (χ4n) is 3.08. The maximum absolute atomic E-state index is 13.2. The van der Waals surface area contributed by atoms with Crippen LogP contribution in [0.1, 0.15) is 37.5 Å². The highest BCUT2D eigenvalue weighted by Gasteiger charge is 2.30. The van der Waals surface area contributed by atoms with Gasteiger partial charge in [0.25, 0.3) is 0 Å². The lowest BCUT2D eigenvalue weighted by atomic mass is 10.1. The van der Waals surface area contributed by atoms with Gasteiger partial charge in [-0.3, -0.25) is 4.57 Å². The number of rotatable bonds is 4. The SMILES string of the molecule is Cc1ccc(Cn2c(Nc3cccc(C(F)(F)F)c3)nc(=O)n(C(C)(C)C)c2=O)cc1. The fraction of sp³-hybridized carbons (Fsp3) is 0.318. The van der Waals surface area contributed by atoms with E-state index in [1.165, 1.54) is 16.7 Å². The Morgan fingerprint density at radius 1 is 1.00 bits per heavy atom. The third-order valence-electron chi connectivity index (χ3n) is 4.65.